The van der Waals surface area contributed by atoms with Crippen LogP contribution in [0.4, 0.5) is 10.2 Å². The van der Waals surface area contributed by atoms with Crippen molar-refractivity contribution in [1.82, 2.24) is 15.3 Å². The van der Waals surface area contributed by atoms with Crippen LogP contribution in [0.1, 0.15) is 36.7 Å². The summed E-state index contributed by atoms with van der Waals surface area (Å²) in [7, 11) is 0. The minimum atomic E-state index is -0.912. The first-order valence-corrected chi connectivity index (χ1v) is 6.22. The zero-order valence-corrected chi connectivity index (χ0v) is 9.99. The molecule has 0 aromatic carbocycles. The number of fused-ring (bicyclic) bond motifs is 1. The lowest BCUT2D eigenvalue weighted by Gasteiger charge is -2.30. The Morgan fingerprint density at radius 2 is 2.12 bits per heavy atom. The maximum absolute atomic E-state index is 13.8. The first kappa shape index (κ1) is 10.9. The van der Waals surface area contributed by atoms with Crippen molar-refractivity contribution in [2.24, 2.45) is 0 Å². The SMILES string of the molecule is C[C@@H]1C[C@@H](F)c2ncnc(N3CCNCC3)c21. The maximum atomic E-state index is 13.8. The zero-order valence-electron chi connectivity index (χ0n) is 9.99. The first-order valence-electron chi connectivity index (χ1n) is 6.22. The van der Waals surface area contributed by atoms with Gasteiger partial charge in [0.2, 0.25) is 0 Å². The van der Waals surface area contributed by atoms with E-state index in [1.807, 2.05) is 0 Å². The van der Waals surface area contributed by atoms with Crippen LogP contribution in [0.15, 0.2) is 6.33 Å². The molecular formula is C12H17FN4. The van der Waals surface area contributed by atoms with E-state index in [0.29, 0.717) is 12.1 Å². The molecule has 4 nitrogen and oxygen atoms in total. The van der Waals surface area contributed by atoms with Crippen LogP contribution >= 0.6 is 0 Å². The van der Waals surface area contributed by atoms with Crippen LogP contribution in [-0.2, 0) is 0 Å². The zero-order chi connectivity index (χ0) is 11.8. The van der Waals surface area contributed by atoms with E-state index < -0.39 is 6.17 Å². The molecule has 1 aromatic heterocycles. The highest BCUT2D eigenvalue weighted by molar-refractivity contribution is 5.53. The van der Waals surface area contributed by atoms with Gasteiger partial charge in [-0.25, -0.2) is 14.4 Å². The van der Waals surface area contributed by atoms with E-state index in [9.17, 15) is 4.39 Å². The van der Waals surface area contributed by atoms with Gasteiger partial charge in [-0.3, -0.25) is 0 Å². The van der Waals surface area contributed by atoms with Crippen LogP contribution in [0.5, 0.6) is 0 Å². The Balaban J connectivity index is 2.00. The molecule has 0 spiro atoms. The Morgan fingerprint density at radius 3 is 2.88 bits per heavy atom. The number of alkyl halides is 1. The molecule has 3 rings (SSSR count). The van der Waals surface area contributed by atoms with Gasteiger partial charge in [-0.05, 0) is 12.3 Å². The normalized spacial score (nSPS) is 28.2. The molecular weight excluding hydrogens is 219 g/mol. The van der Waals surface area contributed by atoms with Crippen molar-refractivity contribution in [2.75, 3.05) is 31.1 Å². The number of halogens is 1. The Morgan fingerprint density at radius 1 is 1.35 bits per heavy atom. The standard InChI is InChI=1S/C12H17FN4/c1-8-6-9(13)11-10(8)12(16-7-15-11)17-4-2-14-3-5-17/h7-9,14H,2-6H2,1H3/t8-,9-/m1/s1. The molecule has 0 unspecified atom stereocenters. The fraction of sp³-hybridized carbons (Fsp3) is 0.667. The molecule has 2 aliphatic rings. The van der Waals surface area contributed by atoms with Gasteiger partial charge >= 0.3 is 0 Å². The van der Waals surface area contributed by atoms with Crippen molar-refractivity contribution < 1.29 is 4.39 Å². The highest BCUT2D eigenvalue weighted by atomic mass is 19.1. The summed E-state index contributed by atoms with van der Waals surface area (Å²) in [4.78, 5) is 10.7. The number of hydrogen-bond donors (Lipinski definition) is 1. The Labute approximate surface area is 100 Å². The van der Waals surface area contributed by atoms with Gasteiger partial charge in [-0.1, -0.05) is 6.92 Å². The summed E-state index contributed by atoms with van der Waals surface area (Å²) in [5.74, 6) is 1.18. The van der Waals surface area contributed by atoms with Gasteiger partial charge in [-0.2, -0.15) is 0 Å². The summed E-state index contributed by atoms with van der Waals surface area (Å²) in [5, 5.41) is 3.31. The van der Waals surface area contributed by atoms with Gasteiger partial charge in [0.25, 0.3) is 0 Å². The van der Waals surface area contributed by atoms with Crippen LogP contribution in [0.25, 0.3) is 0 Å². The van der Waals surface area contributed by atoms with Crippen molar-refractivity contribution in [3.8, 4) is 0 Å². The summed E-state index contributed by atoms with van der Waals surface area (Å²) in [6.45, 7) is 5.87. The van der Waals surface area contributed by atoms with Crippen LogP contribution in [0.2, 0.25) is 0 Å². The van der Waals surface area contributed by atoms with E-state index in [1.54, 1.807) is 0 Å². The van der Waals surface area contributed by atoms with E-state index in [4.69, 9.17) is 0 Å². The molecule has 2 atom stereocenters. The van der Waals surface area contributed by atoms with Crippen molar-refractivity contribution in [1.29, 1.82) is 0 Å². The Bertz CT molecular complexity index is 417. The molecule has 1 N–H and O–H groups in total. The van der Waals surface area contributed by atoms with Crippen LogP contribution < -0.4 is 10.2 Å². The van der Waals surface area contributed by atoms with E-state index in [0.717, 1.165) is 37.6 Å². The molecule has 1 fully saturated rings. The molecule has 0 radical (unpaired) electrons. The van der Waals surface area contributed by atoms with Gasteiger partial charge in [0.15, 0.2) is 0 Å². The lowest BCUT2D eigenvalue weighted by atomic mass is 10.1. The number of aromatic nitrogens is 2. The minimum absolute atomic E-state index is 0.228. The average molecular weight is 236 g/mol. The molecule has 1 aliphatic carbocycles. The molecule has 1 saturated heterocycles. The summed E-state index contributed by atoms with van der Waals surface area (Å²) in [5.41, 5.74) is 1.64. The average Bonchev–Trinajstić information content (AvgIpc) is 2.66. The van der Waals surface area contributed by atoms with Gasteiger partial charge in [-0.15, -0.1) is 0 Å². The third-order valence-electron chi connectivity index (χ3n) is 3.66. The van der Waals surface area contributed by atoms with Crippen LogP contribution in [0.3, 0.4) is 0 Å². The number of rotatable bonds is 1. The molecule has 5 heteroatoms. The third-order valence-corrected chi connectivity index (χ3v) is 3.66. The van der Waals surface area contributed by atoms with Gasteiger partial charge in [0.1, 0.15) is 18.3 Å². The second-order valence-corrected chi connectivity index (χ2v) is 4.84. The van der Waals surface area contributed by atoms with Crippen LogP contribution in [0, 0.1) is 0 Å². The summed E-state index contributed by atoms with van der Waals surface area (Å²) >= 11 is 0. The topological polar surface area (TPSA) is 41.1 Å². The molecule has 1 aromatic rings. The van der Waals surface area contributed by atoms with Gasteiger partial charge < -0.3 is 10.2 Å². The lowest BCUT2D eigenvalue weighted by molar-refractivity contribution is 0.326. The molecule has 0 bridgehead atoms. The number of nitrogens with zero attached hydrogens (tertiary/aromatic N) is 3. The summed E-state index contributed by atoms with van der Waals surface area (Å²) < 4.78 is 13.8. The maximum Gasteiger partial charge on any atom is 0.143 e. The van der Waals surface area contributed by atoms with E-state index in [1.165, 1.54) is 6.33 Å². The largest absolute Gasteiger partial charge is 0.354 e. The van der Waals surface area contributed by atoms with Crippen molar-refractivity contribution >= 4 is 5.82 Å². The number of hydrogen-bond acceptors (Lipinski definition) is 4. The molecule has 1 aliphatic heterocycles. The third kappa shape index (κ3) is 1.78. The van der Waals surface area contributed by atoms with Gasteiger partial charge in [0.05, 0.1) is 5.69 Å². The van der Waals surface area contributed by atoms with Crippen molar-refractivity contribution in [3.63, 3.8) is 0 Å². The lowest BCUT2D eigenvalue weighted by Crippen LogP contribution is -2.44. The molecule has 92 valence electrons. The highest BCUT2D eigenvalue weighted by Crippen LogP contribution is 2.44. The first-order chi connectivity index (χ1) is 8.27. The van der Waals surface area contributed by atoms with Crippen molar-refractivity contribution in [2.45, 2.75) is 25.4 Å². The molecule has 2 heterocycles. The Kier molecular flexibility index (Phi) is 2.70. The predicted molar refractivity (Wildman–Crippen MR) is 64.0 cm³/mol. The summed E-state index contributed by atoms with van der Waals surface area (Å²) in [6.07, 6.45) is 1.14. The monoisotopic (exact) mass is 236 g/mol. The van der Waals surface area contributed by atoms with E-state index >= 15 is 0 Å². The second-order valence-electron chi connectivity index (χ2n) is 4.84. The van der Waals surface area contributed by atoms with E-state index in [2.05, 4.69) is 27.1 Å². The fourth-order valence-corrected chi connectivity index (χ4v) is 2.79. The smallest absolute Gasteiger partial charge is 0.143 e. The predicted octanol–water partition coefficient (Wildman–Crippen LogP) is 1.40. The minimum Gasteiger partial charge on any atom is -0.354 e. The van der Waals surface area contributed by atoms with Gasteiger partial charge in [0, 0.05) is 31.7 Å². The highest BCUT2D eigenvalue weighted by Gasteiger charge is 2.34. The number of piperazine rings is 1. The van der Waals surface area contributed by atoms with Crippen LogP contribution in [-0.4, -0.2) is 36.1 Å². The Hall–Kier alpha value is -1.23. The number of anilines is 1. The summed E-state index contributed by atoms with van der Waals surface area (Å²) in [6, 6.07) is 0. The van der Waals surface area contributed by atoms with E-state index in [-0.39, 0.29) is 5.92 Å². The van der Waals surface area contributed by atoms with Crippen molar-refractivity contribution in [3.05, 3.63) is 17.6 Å². The molecule has 0 saturated carbocycles. The quantitative estimate of drug-likeness (QED) is 0.800. The second kappa shape index (κ2) is 4.22. The molecule has 0 amide bonds. The number of nitrogens with one attached hydrogen (secondary N) is 1. The fourth-order valence-electron chi connectivity index (χ4n) is 2.79. The molecule has 17 heavy (non-hydrogen) atoms.